The molecule has 0 amide bonds. The lowest BCUT2D eigenvalue weighted by Gasteiger charge is -2.08. The van der Waals surface area contributed by atoms with E-state index in [4.69, 9.17) is 4.74 Å². The highest BCUT2D eigenvalue weighted by atomic mass is 16.5. The molecular weight excluding hydrogens is 180 g/mol. The minimum Gasteiger partial charge on any atom is -0.379 e. The van der Waals surface area contributed by atoms with Crippen LogP contribution in [0.3, 0.4) is 0 Å². The van der Waals surface area contributed by atoms with Crippen LogP contribution in [0, 0.1) is 0 Å². The molecule has 1 atom stereocenters. The summed E-state index contributed by atoms with van der Waals surface area (Å²) in [6.07, 6.45) is 5.19. The lowest BCUT2D eigenvalue weighted by atomic mass is 10.1. The van der Waals surface area contributed by atoms with E-state index in [0.717, 1.165) is 19.4 Å². The van der Waals surface area contributed by atoms with Gasteiger partial charge >= 0.3 is 0 Å². The van der Waals surface area contributed by atoms with Crippen LogP contribution in [0.15, 0.2) is 0 Å². The van der Waals surface area contributed by atoms with E-state index in [1.54, 1.807) is 14.2 Å². The van der Waals surface area contributed by atoms with Gasteiger partial charge in [0.25, 0.3) is 0 Å². The average Bonchev–Trinajstić information content (AvgIpc) is 2.21. The van der Waals surface area contributed by atoms with Gasteiger partial charge in [-0.3, -0.25) is 10.6 Å². The topological polar surface area (TPSA) is 53.5 Å². The Hall–Kier alpha value is -0.160. The summed E-state index contributed by atoms with van der Waals surface area (Å²) in [5.74, 6) is 0. The molecule has 0 bridgehead atoms. The van der Waals surface area contributed by atoms with Crippen molar-refractivity contribution < 1.29 is 9.84 Å². The Balaban J connectivity index is 2.92. The molecule has 0 fully saturated rings. The van der Waals surface area contributed by atoms with Crippen molar-refractivity contribution in [3.8, 4) is 0 Å². The molecular formula is C10H24N2O2. The van der Waals surface area contributed by atoms with Crippen LogP contribution >= 0.6 is 0 Å². The summed E-state index contributed by atoms with van der Waals surface area (Å²) in [7, 11) is 3.46. The molecule has 0 rings (SSSR count). The molecule has 4 heteroatoms. The normalized spacial score (nSPS) is 13.1. The molecule has 0 saturated heterocycles. The lowest BCUT2D eigenvalue weighted by Crippen LogP contribution is -2.23. The average molecular weight is 204 g/mol. The van der Waals surface area contributed by atoms with Crippen LogP contribution in [0.4, 0.5) is 0 Å². The largest absolute Gasteiger partial charge is 0.379 e. The number of hydrogen-bond acceptors (Lipinski definition) is 4. The van der Waals surface area contributed by atoms with E-state index in [1.165, 1.54) is 19.3 Å². The van der Waals surface area contributed by atoms with Crippen molar-refractivity contribution in [2.75, 3.05) is 27.4 Å². The van der Waals surface area contributed by atoms with E-state index in [1.807, 2.05) is 0 Å². The summed E-state index contributed by atoms with van der Waals surface area (Å²) >= 11 is 0. The third-order valence-electron chi connectivity index (χ3n) is 2.16. The van der Waals surface area contributed by atoms with Crippen LogP contribution in [0.5, 0.6) is 0 Å². The Kier molecular flexibility index (Phi) is 10.8. The van der Waals surface area contributed by atoms with Crippen molar-refractivity contribution >= 4 is 0 Å². The predicted octanol–water partition coefficient (Wildman–Crippen LogP) is 0.668. The first kappa shape index (κ1) is 13.8. The number of ether oxygens (including phenoxy) is 1. The molecule has 4 nitrogen and oxygen atoms in total. The van der Waals surface area contributed by atoms with Gasteiger partial charge in [-0.15, -0.1) is 0 Å². The highest BCUT2D eigenvalue weighted by Gasteiger charge is 1.98. The third-order valence-corrected chi connectivity index (χ3v) is 2.16. The number of aliphatic hydroxyl groups is 1. The van der Waals surface area contributed by atoms with Gasteiger partial charge in [0.1, 0.15) is 6.23 Å². The summed E-state index contributed by atoms with van der Waals surface area (Å²) in [4.78, 5) is 0. The van der Waals surface area contributed by atoms with Crippen molar-refractivity contribution in [2.24, 2.45) is 0 Å². The van der Waals surface area contributed by atoms with Crippen LogP contribution < -0.4 is 10.6 Å². The molecule has 0 aromatic heterocycles. The summed E-state index contributed by atoms with van der Waals surface area (Å²) in [6, 6.07) is 0. The Bertz CT molecular complexity index is 112. The highest BCUT2D eigenvalue weighted by molar-refractivity contribution is 4.51. The zero-order valence-electron chi connectivity index (χ0n) is 9.38. The minimum absolute atomic E-state index is 0.332. The number of nitrogens with one attached hydrogen (secondary N) is 2. The van der Waals surface area contributed by atoms with Crippen LogP contribution in [0.25, 0.3) is 0 Å². The van der Waals surface area contributed by atoms with Crippen LogP contribution in [-0.2, 0) is 4.74 Å². The first-order valence-corrected chi connectivity index (χ1v) is 5.36. The maximum absolute atomic E-state index is 9.19. The van der Waals surface area contributed by atoms with Gasteiger partial charge in [0, 0.05) is 7.11 Å². The van der Waals surface area contributed by atoms with Crippen molar-refractivity contribution in [1.82, 2.24) is 10.6 Å². The molecule has 0 saturated carbocycles. The maximum atomic E-state index is 9.19. The third kappa shape index (κ3) is 9.92. The van der Waals surface area contributed by atoms with Gasteiger partial charge in [0.15, 0.2) is 0 Å². The summed E-state index contributed by atoms with van der Waals surface area (Å²) in [6.45, 7) is 1.65. The first-order chi connectivity index (χ1) is 6.81. The first-order valence-electron chi connectivity index (χ1n) is 5.36. The number of rotatable bonds is 10. The highest BCUT2D eigenvalue weighted by Crippen LogP contribution is 2.03. The van der Waals surface area contributed by atoms with E-state index >= 15 is 0 Å². The monoisotopic (exact) mass is 204 g/mol. The zero-order chi connectivity index (χ0) is 10.6. The van der Waals surface area contributed by atoms with Gasteiger partial charge in [-0.2, -0.15) is 0 Å². The van der Waals surface area contributed by atoms with Gasteiger partial charge in [0.05, 0.1) is 6.73 Å². The molecule has 1 unspecified atom stereocenters. The lowest BCUT2D eigenvalue weighted by molar-refractivity contribution is 0.133. The predicted molar refractivity (Wildman–Crippen MR) is 58.0 cm³/mol. The molecule has 14 heavy (non-hydrogen) atoms. The Morgan fingerprint density at radius 2 is 1.93 bits per heavy atom. The second-order valence-electron chi connectivity index (χ2n) is 3.44. The number of aliphatic hydroxyl groups excluding tert-OH is 1. The van der Waals surface area contributed by atoms with Crippen LogP contribution in [-0.4, -0.2) is 38.8 Å². The van der Waals surface area contributed by atoms with Crippen LogP contribution in [0.2, 0.25) is 0 Å². The minimum atomic E-state index is -0.332. The van der Waals surface area contributed by atoms with E-state index in [2.05, 4.69) is 10.6 Å². The molecule has 0 aliphatic carbocycles. The molecule has 3 N–H and O–H groups in total. The quantitative estimate of drug-likeness (QED) is 0.361. The van der Waals surface area contributed by atoms with E-state index in [9.17, 15) is 5.11 Å². The number of hydrogen-bond donors (Lipinski definition) is 3. The Morgan fingerprint density at radius 1 is 1.21 bits per heavy atom. The molecule has 0 radical (unpaired) electrons. The fourth-order valence-corrected chi connectivity index (χ4v) is 1.26. The standard InChI is InChI=1S/C10H24N2O2/c1-11-10(13)7-5-3-4-6-8-12-9-14-2/h10-13H,3-9H2,1-2H3. The summed E-state index contributed by atoms with van der Waals surface area (Å²) in [5, 5.41) is 15.2. The van der Waals surface area contributed by atoms with E-state index in [-0.39, 0.29) is 6.23 Å². The van der Waals surface area contributed by atoms with Gasteiger partial charge in [-0.05, 0) is 32.9 Å². The van der Waals surface area contributed by atoms with Crippen LogP contribution in [0.1, 0.15) is 32.1 Å². The van der Waals surface area contributed by atoms with Gasteiger partial charge in [-0.1, -0.05) is 12.8 Å². The Morgan fingerprint density at radius 3 is 2.57 bits per heavy atom. The number of methoxy groups -OCH3 is 1. The molecule has 0 spiro atoms. The second-order valence-corrected chi connectivity index (χ2v) is 3.44. The molecule has 0 aromatic rings. The zero-order valence-corrected chi connectivity index (χ0v) is 9.38. The molecule has 0 aliphatic heterocycles. The summed E-state index contributed by atoms with van der Waals surface area (Å²) in [5.41, 5.74) is 0. The number of unbranched alkanes of at least 4 members (excludes halogenated alkanes) is 3. The summed E-state index contributed by atoms with van der Waals surface area (Å²) < 4.78 is 4.86. The van der Waals surface area contributed by atoms with Gasteiger partial charge in [0.2, 0.25) is 0 Å². The maximum Gasteiger partial charge on any atom is 0.104 e. The van der Waals surface area contributed by atoms with Gasteiger partial charge in [-0.25, -0.2) is 0 Å². The van der Waals surface area contributed by atoms with Crippen molar-refractivity contribution in [2.45, 2.75) is 38.3 Å². The van der Waals surface area contributed by atoms with Crippen molar-refractivity contribution in [3.05, 3.63) is 0 Å². The fourth-order valence-electron chi connectivity index (χ4n) is 1.26. The Labute approximate surface area is 87.0 Å². The molecule has 0 heterocycles. The molecule has 0 aromatic carbocycles. The fraction of sp³-hybridized carbons (Fsp3) is 1.00. The second kappa shape index (κ2) is 10.9. The van der Waals surface area contributed by atoms with Gasteiger partial charge < -0.3 is 9.84 Å². The van der Waals surface area contributed by atoms with Crippen molar-refractivity contribution in [3.63, 3.8) is 0 Å². The molecule has 0 aliphatic rings. The van der Waals surface area contributed by atoms with E-state index < -0.39 is 0 Å². The SMILES string of the molecule is CNC(O)CCCCCCNCOC. The van der Waals surface area contributed by atoms with E-state index in [0.29, 0.717) is 6.73 Å². The smallest absolute Gasteiger partial charge is 0.104 e. The molecule has 86 valence electrons. The van der Waals surface area contributed by atoms with Crippen molar-refractivity contribution in [1.29, 1.82) is 0 Å².